The summed E-state index contributed by atoms with van der Waals surface area (Å²) in [5.74, 6) is -0.327. The molecule has 10 atom stereocenters. The van der Waals surface area contributed by atoms with Crippen molar-refractivity contribution in [3.05, 3.63) is 23.8 Å². The van der Waals surface area contributed by atoms with Crippen LogP contribution in [0.2, 0.25) is 0 Å². The average Bonchev–Trinajstić information content (AvgIpc) is 2.78. The van der Waals surface area contributed by atoms with Crippen molar-refractivity contribution in [1.82, 2.24) is 0 Å². The number of aliphatic hydroxyl groups is 1. The molecule has 2 N–H and O–H groups in total. The zero-order valence-corrected chi connectivity index (χ0v) is 22.5. The van der Waals surface area contributed by atoms with Gasteiger partial charge in [0.05, 0.1) is 11.5 Å². The number of carboxylic acid groups (broad SMARTS) is 1. The van der Waals surface area contributed by atoms with Gasteiger partial charge in [-0.3, -0.25) is 9.59 Å². The minimum Gasteiger partial charge on any atom is -0.481 e. The number of carboxylic acids is 1. The number of hydrogen-bond donors (Lipinski definition) is 2. The third kappa shape index (κ3) is 2.40. The third-order valence-corrected chi connectivity index (χ3v) is 13.9. The van der Waals surface area contributed by atoms with E-state index in [1.165, 1.54) is 5.57 Å². The molecule has 0 amide bonds. The summed E-state index contributed by atoms with van der Waals surface area (Å²) >= 11 is 0. The Bertz CT molecular complexity index is 1090. The smallest absolute Gasteiger partial charge is 0.309 e. The molecule has 0 bridgehead atoms. The largest absolute Gasteiger partial charge is 0.481 e. The highest BCUT2D eigenvalue weighted by Crippen LogP contribution is 2.80. The van der Waals surface area contributed by atoms with Gasteiger partial charge in [-0.25, -0.2) is 0 Å². The standard InChI is InChI=1S/C31H44O4/c1-25-9-10-26(2,24(34)35)18-20(25)19-17-21(32)23-29(5,27(19,3)12-11-25)14-16-31-15-13-28(31,4)22(33)7-8-30(23,31)6/h13,15,17,20,22-23,33H,7-12,14,16,18H2,1-6H3,(H,34,35)/t20-,22+,23+,25-,26+,27-,28+,29-,30-,31+/m1/s1. The highest BCUT2D eigenvalue weighted by molar-refractivity contribution is 5.96. The molecular formula is C31H44O4. The van der Waals surface area contributed by atoms with Crippen LogP contribution in [0.15, 0.2) is 23.8 Å². The minimum atomic E-state index is -0.718. The Balaban J connectivity index is 1.49. The number of aliphatic carboxylic acids is 1. The van der Waals surface area contributed by atoms with Gasteiger partial charge in [0, 0.05) is 16.7 Å². The summed E-state index contributed by atoms with van der Waals surface area (Å²) < 4.78 is 0. The Kier molecular flexibility index (Phi) is 4.46. The van der Waals surface area contributed by atoms with Gasteiger partial charge in [-0.05, 0) is 98.4 Å². The van der Waals surface area contributed by atoms with Crippen LogP contribution in [0.25, 0.3) is 0 Å². The zero-order chi connectivity index (χ0) is 25.4. The molecule has 0 aromatic carbocycles. The highest BCUT2D eigenvalue weighted by atomic mass is 16.4. The highest BCUT2D eigenvalue weighted by Gasteiger charge is 2.76. The van der Waals surface area contributed by atoms with Gasteiger partial charge in [-0.1, -0.05) is 52.3 Å². The van der Waals surface area contributed by atoms with Crippen molar-refractivity contribution in [3.63, 3.8) is 0 Å². The number of rotatable bonds is 1. The molecule has 0 radical (unpaired) electrons. The Labute approximate surface area is 210 Å². The Morgan fingerprint density at radius 1 is 0.886 bits per heavy atom. The molecule has 0 aromatic rings. The monoisotopic (exact) mass is 480 g/mol. The van der Waals surface area contributed by atoms with Gasteiger partial charge in [0.2, 0.25) is 0 Å². The van der Waals surface area contributed by atoms with E-state index in [4.69, 9.17) is 0 Å². The summed E-state index contributed by atoms with van der Waals surface area (Å²) in [7, 11) is 0. The molecule has 4 fully saturated rings. The molecule has 0 unspecified atom stereocenters. The second-order valence-electron chi connectivity index (χ2n) is 15.0. The van der Waals surface area contributed by atoms with E-state index in [2.05, 4.69) is 46.8 Å². The van der Waals surface area contributed by atoms with Crippen LogP contribution in [-0.2, 0) is 9.59 Å². The van der Waals surface area contributed by atoms with Crippen molar-refractivity contribution in [2.75, 3.05) is 0 Å². The molecule has 0 saturated heterocycles. The molecule has 0 aromatic heterocycles. The lowest BCUT2D eigenvalue weighted by atomic mass is 9.27. The van der Waals surface area contributed by atoms with Crippen LogP contribution in [0, 0.1) is 49.7 Å². The van der Waals surface area contributed by atoms with Crippen molar-refractivity contribution >= 4 is 11.8 Å². The van der Waals surface area contributed by atoms with E-state index in [1.54, 1.807) is 0 Å². The van der Waals surface area contributed by atoms with E-state index in [0.29, 0.717) is 6.42 Å². The SMILES string of the molecule is C[C@]1(C(=O)O)CC[C@]2(C)CC[C@]3(C)C(=CC(=O)[C@@H]4[C@@]5(C)CC[C@H](O)[C@]6(C)C=C[C@]65CC[C@]43C)[C@H]2C1. The van der Waals surface area contributed by atoms with Crippen molar-refractivity contribution in [2.24, 2.45) is 49.7 Å². The van der Waals surface area contributed by atoms with Gasteiger partial charge < -0.3 is 10.2 Å². The van der Waals surface area contributed by atoms with E-state index in [1.807, 2.05) is 13.0 Å². The van der Waals surface area contributed by atoms with Gasteiger partial charge in [0.25, 0.3) is 0 Å². The number of aliphatic hydroxyl groups excluding tert-OH is 1. The minimum absolute atomic E-state index is 0.0620. The molecule has 6 aliphatic carbocycles. The molecule has 1 spiro atoms. The van der Waals surface area contributed by atoms with Crippen molar-refractivity contribution in [1.29, 1.82) is 0 Å². The second-order valence-corrected chi connectivity index (χ2v) is 15.0. The van der Waals surface area contributed by atoms with Gasteiger partial charge >= 0.3 is 5.97 Å². The maximum Gasteiger partial charge on any atom is 0.309 e. The quantitative estimate of drug-likeness (QED) is 0.430. The first kappa shape index (κ1) is 23.9. The lowest BCUT2D eigenvalue weighted by Gasteiger charge is -2.76. The second kappa shape index (κ2) is 6.52. The Morgan fingerprint density at radius 3 is 2.20 bits per heavy atom. The average molecular weight is 481 g/mol. The van der Waals surface area contributed by atoms with Crippen LogP contribution < -0.4 is 0 Å². The number of carbonyl (C=O) groups is 2. The maximum atomic E-state index is 14.3. The number of fused-ring (bicyclic) bond motifs is 6. The summed E-state index contributed by atoms with van der Waals surface area (Å²) in [4.78, 5) is 26.6. The van der Waals surface area contributed by atoms with E-state index >= 15 is 0 Å². The van der Waals surface area contributed by atoms with E-state index in [9.17, 15) is 19.8 Å². The molecular weight excluding hydrogens is 436 g/mol. The first-order valence-electron chi connectivity index (χ1n) is 14.0. The maximum absolute atomic E-state index is 14.3. The summed E-state index contributed by atoms with van der Waals surface area (Å²) in [6, 6.07) is 0. The van der Waals surface area contributed by atoms with Crippen LogP contribution in [-0.4, -0.2) is 28.1 Å². The van der Waals surface area contributed by atoms with Crippen molar-refractivity contribution in [3.8, 4) is 0 Å². The van der Waals surface area contributed by atoms with Crippen LogP contribution >= 0.6 is 0 Å². The molecule has 6 aliphatic rings. The zero-order valence-electron chi connectivity index (χ0n) is 22.5. The van der Waals surface area contributed by atoms with E-state index < -0.39 is 11.4 Å². The first-order valence-corrected chi connectivity index (χ1v) is 14.0. The Morgan fingerprint density at radius 2 is 1.57 bits per heavy atom. The summed E-state index contributed by atoms with van der Waals surface area (Å²) in [6.07, 6.45) is 14.4. The number of allylic oxidation sites excluding steroid dienone is 3. The topological polar surface area (TPSA) is 74.6 Å². The van der Waals surface area contributed by atoms with Gasteiger partial charge in [0.15, 0.2) is 5.78 Å². The molecule has 0 aliphatic heterocycles. The fourth-order valence-electron chi connectivity index (χ4n) is 11.0. The summed E-state index contributed by atoms with van der Waals surface area (Å²) in [5, 5.41) is 21.1. The van der Waals surface area contributed by atoms with Crippen LogP contribution in [0.3, 0.4) is 0 Å². The summed E-state index contributed by atoms with van der Waals surface area (Å²) in [6.45, 7) is 13.7. The normalized spacial score (nSPS) is 58.5. The van der Waals surface area contributed by atoms with Crippen LogP contribution in [0.5, 0.6) is 0 Å². The molecule has 35 heavy (non-hydrogen) atoms. The Hall–Kier alpha value is -1.42. The fraction of sp³-hybridized carbons (Fsp3) is 0.806. The molecule has 192 valence electrons. The number of ketones is 1. The fourth-order valence-corrected chi connectivity index (χ4v) is 11.0. The van der Waals surface area contributed by atoms with Crippen molar-refractivity contribution < 1.29 is 19.8 Å². The van der Waals surface area contributed by atoms with Gasteiger partial charge in [-0.15, -0.1) is 0 Å². The van der Waals surface area contributed by atoms with E-state index in [-0.39, 0.29) is 56.2 Å². The summed E-state index contributed by atoms with van der Waals surface area (Å²) in [5.41, 5.74) is -0.161. The molecule has 4 heteroatoms. The molecule has 0 heterocycles. The van der Waals surface area contributed by atoms with Crippen LogP contribution in [0.1, 0.15) is 99.3 Å². The number of hydrogen-bond acceptors (Lipinski definition) is 3. The predicted octanol–water partition coefficient (Wildman–Crippen LogP) is 6.33. The predicted molar refractivity (Wildman–Crippen MR) is 135 cm³/mol. The van der Waals surface area contributed by atoms with Gasteiger partial charge in [0.1, 0.15) is 0 Å². The van der Waals surface area contributed by atoms with Gasteiger partial charge in [-0.2, -0.15) is 0 Å². The molecule has 6 rings (SSSR count). The van der Waals surface area contributed by atoms with Crippen molar-refractivity contribution in [2.45, 2.75) is 105 Å². The van der Waals surface area contributed by atoms with Crippen LogP contribution in [0.4, 0.5) is 0 Å². The lowest BCUT2D eigenvalue weighted by Crippen LogP contribution is -2.72. The third-order valence-electron chi connectivity index (χ3n) is 13.9. The molecule has 4 saturated carbocycles. The van der Waals surface area contributed by atoms with E-state index in [0.717, 1.165) is 51.4 Å². The lowest BCUT2D eigenvalue weighted by molar-refractivity contribution is -0.235. The molecule has 4 nitrogen and oxygen atoms in total. The first-order chi connectivity index (χ1) is 16.1. The number of carbonyl (C=O) groups excluding carboxylic acids is 1.